The molecule has 7 nitrogen and oxygen atoms in total. The van der Waals surface area contributed by atoms with E-state index < -0.39 is 10.9 Å². The maximum atomic E-state index is 11.9. The van der Waals surface area contributed by atoms with Crippen molar-refractivity contribution in [3.05, 3.63) is 98.9 Å². The molecule has 0 saturated heterocycles. The van der Waals surface area contributed by atoms with E-state index in [-0.39, 0.29) is 17.5 Å². The molecule has 37 heavy (non-hydrogen) atoms. The Hall–Kier alpha value is -3.69. The predicted molar refractivity (Wildman–Crippen MR) is 146 cm³/mol. The molecule has 0 N–H and O–H groups in total. The molecule has 1 aliphatic rings. The fraction of sp³-hybridized carbons (Fsp3) is 0.214. The number of carbonyl (C=O) groups excluding carboxylic acids is 1. The van der Waals surface area contributed by atoms with Gasteiger partial charge in [-0.2, -0.15) is 0 Å². The summed E-state index contributed by atoms with van der Waals surface area (Å²) in [5.74, 6) is 1.10. The van der Waals surface area contributed by atoms with Gasteiger partial charge in [0.25, 0.3) is 5.69 Å². The number of benzene rings is 3. The third-order valence-electron chi connectivity index (χ3n) is 5.99. The van der Waals surface area contributed by atoms with Crippen LogP contribution in [0.5, 0.6) is 5.75 Å². The van der Waals surface area contributed by atoms with Crippen LogP contribution < -0.4 is 4.74 Å². The number of ether oxygens (including phenoxy) is 2. The van der Waals surface area contributed by atoms with Gasteiger partial charge in [0.05, 0.1) is 17.2 Å². The molecule has 5 rings (SSSR count). The number of nitrogens with zero attached hydrogens (tertiary/aromatic N) is 2. The van der Waals surface area contributed by atoms with Gasteiger partial charge in [-0.15, -0.1) is 23.1 Å². The lowest BCUT2D eigenvalue weighted by atomic mass is 9.92. The Balaban J connectivity index is 1.50. The largest absolute Gasteiger partial charge is 0.482 e. The molecule has 9 heteroatoms. The first-order chi connectivity index (χ1) is 18.0. The number of rotatable bonds is 9. The Kier molecular flexibility index (Phi) is 7.52. The summed E-state index contributed by atoms with van der Waals surface area (Å²) in [5.41, 5.74) is 5.03. The normalized spacial score (nSPS) is 13.9. The first kappa shape index (κ1) is 25.0. The summed E-state index contributed by atoms with van der Waals surface area (Å²) >= 11 is 3.47. The molecule has 1 unspecified atom stereocenters. The van der Waals surface area contributed by atoms with Gasteiger partial charge in [-0.25, -0.2) is 9.78 Å². The molecule has 1 heterocycles. The van der Waals surface area contributed by atoms with Crippen molar-refractivity contribution >= 4 is 34.8 Å². The van der Waals surface area contributed by atoms with E-state index in [1.165, 1.54) is 22.6 Å². The van der Waals surface area contributed by atoms with Gasteiger partial charge < -0.3 is 9.47 Å². The van der Waals surface area contributed by atoms with Gasteiger partial charge >= 0.3 is 5.97 Å². The highest BCUT2D eigenvalue weighted by Gasteiger charge is 2.31. The lowest BCUT2D eigenvalue weighted by molar-refractivity contribution is -0.384. The smallest absolute Gasteiger partial charge is 0.344 e. The van der Waals surface area contributed by atoms with E-state index >= 15 is 0 Å². The summed E-state index contributed by atoms with van der Waals surface area (Å²) in [6.07, 6.45) is 0.737. The van der Waals surface area contributed by atoms with Crippen molar-refractivity contribution in [2.45, 2.75) is 24.3 Å². The van der Waals surface area contributed by atoms with Gasteiger partial charge in [-0.3, -0.25) is 10.1 Å². The Bertz CT molecular complexity index is 1420. The van der Waals surface area contributed by atoms with Crippen LogP contribution in [-0.2, 0) is 21.7 Å². The molecule has 0 saturated carbocycles. The second kappa shape index (κ2) is 11.1. The lowest BCUT2D eigenvalue weighted by Gasteiger charge is -2.25. The number of nitro groups is 1. The number of fused-ring (bicyclic) bond motifs is 3. The van der Waals surface area contributed by atoms with E-state index in [4.69, 9.17) is 14.5 Å². The Morgan fingerprint density at radius 1 is 1.11 bits per heavy atom. The third kappa shape index (κ3) is 5.52. The van der Waals surface area contributed by atoms with E-state index in [2.05, 4.69) is 12.1 Å². The maximum absolute atomic E-state index is 11.9. The highest BCUT2D eigenvalue weighted by molar-refractivity contribution is 7.98. The summed E-state index contributed by atoms with van der Waals surface area (Å²) in [6.45, 7) is 1.92. The van der Waals surface area contributed by atoms with Crippen LogP contribution in [0.25, 0.3) is 21.8 Å². The zero-order valence-corrected chi connectivity index (χ0v) is 21.7. The van der Waals surface area contributed by atoms with Crippen LogP contribution >= 0.6 is 23.1 Å². The SMILES string of the molecule is CCOC(=O)COc1cccc2c1CC(SCc1ccccc1)c1sc(-c3ccc([N+](=O)[O-])cc3)nc1-2. The number of hydrogen-bond donors (Lipinski definition) is 0. The second-order valence-corrected chi connectivity index (χ2v) is 10.6. The van der Waals surface area contributed by atoms with Crippen LogP contribution in [-0.4, -0.2) is 29.1 Å². The topological polar surface area (TPSA) is 91.6 Å². The van der Waals surface area contributed by atoms with Gasteiger partial charge in [0.1, 0.15) is 10.8 Å². The first-order valence-electron chi connectivity index (χ1n) is 11.8. The fourth-order valence-corrected chi connectivity index (χ4v) is 6.80. The molecule has 1 atom stereocenters. The number of esters is 1. The molecule has 1 aliphatic carbocycles. The van der Waals surface area contributed by atoms with Gasteiger partial charge in [-0.05, 0) is 37.1 Å². The van der Waals surface area contributed by atoms with Gasteiger partial charge in [-0.1, -0.05) is 42.5 Å². The van der Waals surface area contributed by atoms with Gasteiger partial charge in [0, 0.05) is 44.7 Å². The average molecular weight is 533 g/mol. The van der Waals surface area contributed by atoms with E-state index in [9.17, 15) is 14.9 Å². The summed E-state index contributed by atoms with van der Waals surface area (Å²) < 4.78 is 10.9. The van der Waals surface area contributed by atoms with Crippen molar-refractivity contribution in [2.24, 2.45) is 0 Å². The van der Waals surface area contributed by atoms with Crippen molar-refractivity contribution in [1.82, 2.24) is 4.98 Å². The van der Waals surface area contributed by atoms with Crippen LogP contribution in [0.3, 0.4) is 0 Å². The molecule has 0 fully saturated rings. The van der Waals surface area contributed by atoms with Crippen LogP contribution in [0, 0.1) is 10.1 Å². The van der Waals surface area contributed by atoms with Crippen LogP contribution in [0.15, 0.2) is 72.8 Å². The van der Waals surface area contributed by atoms with E-state index in [1.807, 2.05) is 48.2 Å². The second-order valence-electron chi connectivity index (χ2n) is 8.40. The number of thioether (sulfide) groups is 1. The minimum Gasteiger partial charge on any atom is -0.482 e. The first-order valence-corrected chi connectivity index (χ1v) is 13.7. The summed E-state index contributed by atoms with van der Waals surface area (Å²) in [7, 11) is 0. The Morgan fingerprint density at radius 2 is 1.89 bits per heavy atom. The zero-order chi connectivity index (χ0) is 25.8. The Labute approximate surface area is 222 Å². The zero-order valence-electron chi connectivity index (χ0n) is 20.1. The number of non-ortho nitro benzene ring substituents is 1. The van der Waals surface area contributed by atoms with Crippen molar-refractivity contribution in [3.63, 3.8) is 0 Å². The number of nitro benzene ring substituents is 1. The molecule has 0 bridgehead atoms. The van der Waals surface area contributed by atoms with Gasteiger partial charge in [0.2, 0.25) is 0 Å². The van der Waals surface area contributed by atoms with E-state index in [0.717, 1.165) is 39.6 Å². The maximum Gasteiger partial charge on any atom is 0.344 e. The lowest BCUT2D eigenvalue weighted by Crippen LogP contribution is -2.16. The average Bonchev–Trinajstić information content (AvgIpc) is 3.37. The summed E-state index contributed by atoms with van der Waals surface area (Å²) in [6, 6.07) is 22.6. The summed E-state index contributed by atoms with van der Waals surface area (Å²) in [4.78, 5) is 28.8. The van der Waals surface area contributed by atoms with Crippen molar-refractivity contribution in [1.29, 1.82) is 0 Å². The number of carbonyl (C=O) groups is 1. The highest BCUT2D eigenvalue weighted by atomic mass is 32.2. The highest BCUT2D eigenvalue weighted by Crippen LogP contribution is 2.51. The predicted octanol–water partition coefficient (Wildman–Crippen LogP) is 6.86. The monoisotopic (exact) mass is 532 g/mol. The molecule has 0 amide bonds. The molecule has 0 radical (unpaired) electrons. The number of thiazole rings is 1. The molecular weight excluding hydrogens is 508 g/mol. The van der Waals surface area contributed by atoms with Crippen LogP contribution in [0.4, 0.5) is 5.69 Å². The summed E-state index contributed by atoms with van der Waals surface area (Å²) in [5, 5.41) is 12.0. The van der Waals surface area contributed by atoms with Crippen molar-refractivity contribution in [2.75, 3.05) is 13.2 Å². The van der Waals surface area contributed by atoms with Crippen LogP contribution in [0.1, 0.15) is 28.2 Å². The molecule has 0 aliphatic heterocycles. The number of aromatic nitrogens is 1. The molecule has 3 aromatic carbocycles. The third-order valence-corrected chi connectivity index (χ3v) is 8.67. The van der Waals surface area contributed by atoms with Crippen molar-refractivity contribution in [3.8, 4) is 27.6 Å². The molecule has 188 valence electrons. The minimum atomic E-state index is -0.402. The van der Waals surface area contributed by atoms with Crippen LogP contribution in [0.2, 0.25) is 0 Å². The minimum absolute atomic E-state index is 0.0510. The Morgan fingerprint density at radius 3 is 2.62 bits per heavy atom. The van der Waals surface area contributed by atoms with E-state index in [0.29, 0.717) is 12.4 Å². The quantitative estimate of drug-likeness (QED) is 0.132. The number of hydrogen-bond acceptors (Lipinski definition) is 8. The van der Waals surface area contributed by atoms with Crippen molar-refractivity contribution < 1.29 is 19.2 Å². The van der Waals surface area contributed by atoms with E-state index in [1.54, 1.807) is 30.4 Å². The van der Waals surface area contributed by atoms with Gasteiger partial charge in [0.15, 0.2) is 6.61 Å². The molecule has 4 aromatic rings. The fourth-order valence-electron chi connectivity index (χ4n) is 4.25. The molecule has 1 aromatic heterocycles. The molecular formula is C28H24N2O5S2. The molecule has 0 spiro atoms. The standard InChI is InChI=1S/C28H24N2O5S2/c1-2-34-25(31)16-35-23-10-6-9-21-22(23)15-24(36-17-18-7-4-3-5-8-18)27-26(21)29-28(37-27)19-11-13-20(14-12-19)30(32)33/h3-14,24H,2,15-17H2,1H3.